The third-order valence-corrected chi connectivity index (χ3v) is 3.53. The summed E-state index contributed by atoms with van der Waals surface area (Å²) in [5.74, 6) is -0.263. The second kappa shape index (κ2) is 5.03. The van der Waals surface area contributed by atoms with Crippen molar-refractivity contribution in [2.24, 2.45) is 0 Å². The van der Waals surface area contributed by atoms with Gasteiger partial charge < -0.3 is 20.1 Å². The SMILES string of the molecule is COc1ccc(C(=O)N2CCNC(=O)C2(C)C)c(O)c1. The molecule has 2 N–H and O–H groups in total. The number of hydrogen-bond donors (Lipinski definition) is 2. The van der Waals surface area contributed by atoms with Gasteiger partial charge in [-0.15, -0.1) is 0 Å². The molecule has 1 aliphatic rings. The molecule has 0 saturated carbocycles. The first kappa shape index (κ1) is 14.2. The molecule has 0 unspecified atom stereocenters. The maximum absolute atomic E-state index is 12.5. The van der Waals surface area contributed by atoms with E-state index < -0.39 is 5.54 Å². The minimum Gasteiger partial charge on any atom is -0.507 e. The van der Waals surface area contributed by atoms with Crippen molar-refractivity contribution in [1.29, 1.82) is 0 Å². The number of aromatic hydroxyl groups is 1. The summed E-state index contributed by atoms with van der Waals surface area (Å²) in [4.78, 5) is 25.9. The van der Waals surface area contributed by atoms with Crippen molar-refractivity contribution in [2.75, 3.05) is 20.2 Å². The van der Waals surface area contributed by atoms with E-state index in [4.69, 9.17) is 4.74 Å². The van der Waals surface area contributed by atoms with E-state index in [0.29, 0.717) is 18.8 Å². The molecule has 2 amide bonds. The first-order valence-corrected chi connectivity index (χ1v) is 6.35. The smallest absolute Gasteiger partial charge is 0.258 e. The molecule has 0 radical (unpaired) electrons. The zero-order valence-electron chi connectivity index (χ0n) is 11.8. The number of phenolic OH excluding ortho intramolecular Hbond substituents is 1. The summed E-state index contributed by atoms with van der Waals surface area (Å²) < 4.78 is 4.98. The molecule has 1 aliphatic heterocycles. The molecule has 0 atom stereocenters. The maximum atomic E-state index is 12.5. The van der Waals surface area contributed by atoms with Crippen LogP contribution in [0.5, 0.6) is 11.5 Å². The molecule has 1 aromatic carbocycles. The number of carbonyl (C=O) groups excluding carboxylic acids is 2. The molecule has 6 heteroatoms. The fourth-order valence-electron chi connectivity index (χ4n) is 2.22. The predicted octanol–water partition coefficient (Wildman–Crippen LogP) is 0.751. The van der Waals surface area contributed by atoms with Gasteiger partial charge in [0.1, 0.15) is 17.0 Å². The van der Waals surface area contributed by atoms with Crippen molar-refractivity contribution in [3.8, 4) is 11.5 Å². The molecule has 20 heavy (non-hydrogen) atoms. The Bertz CT molecular complexity index is 554. The molecule has 6 nitrogen and oxygen atoms in total. The van der Waals surface area contributed by atoms with Crippen molar-refractivity contribution in [1.82, 2.24) is 10.2 Å². The van der Waals surface area contributed by atoms with E-state index in [-0.39, 0.29) is 23.1 Å². The minimum atomic E-state index is -0.943. The Balaban J connectivity index is 2.33. The van der Waals surface area contributed by atoms with Crippen LogP contribution in [-0.4, -0.2) is 47.6 Å². The second-order valence-corrected chi connectivity index (χ2v) is 5.15. The highest BCUT2D eigenvalue weighted by Gasteiger charge is 2.41. The van der Waals surface area contributed by atoms with E-state index in [1.165, 1.54) is 24.1 Å². The molecule has 108 valence electrons. The summed E-state index contributed by atoms with van der Waals surface area (Å²) in [6, 6.07) is 4.48. The largest absolute Gasteiger partial charge is 0.507 e. The van der Waals surface area contributed by atoms with Crippen LogP contribution in [0.2, 0.25) is 0 Å². The number of methoxy groups -OCH3 is 1. The molecule has 0 aromatic heterocycles. The Morgan fingerprint density at radius 3 is 2.75 bits per heavy atom. The molecule has 1 fully saturated rings. The molecule has 1 aromatic rings. The molecular weight excluding hydrogens is 260 g/mol. The molecule has 1 saturated heterocycles. The number of benzene rings is 1. The number of nitrogens with zero attached hydrogens (tertiary/aromatic N) is 1. The summed E-state index contributed by atoms with van der Waals surface area (Å²) in [5.41, 5.74) is -0.782. The first-order chi connectivity index (χ1) is 9.37. The lowest BCUT2D eigenvalue weighted by Gasteiger charge is -2.41. The molecule has 1 heterocycles. The molecular formula is C14H18N2O4. The van der Waals surface area contributed by atoms with Gasteiger partial charge in [-0.1, -0.05) is 0 Å². The average Bonchev–Trinajstić information content (AvgIpc) is 2.41. The number of amides is 2. The fourth-order valence-corrected chi connectivity index (χ4v) is 2.22. The Kier molecular flexibility index (Phi) is 3.57. The highest BCUT2D eigenvalue weighted by atomic mass is 16.5. The van der Waals surface area contributed by atoms with E-state index in [0.717, 1.165) is 0 Å². The number of ether oxygens (including phenoxy) is 1. The van der Waals surface area contributed by atoms with Crippen molar-refractivity contribution < 1.29 is 19.4 Å². The number of nitrogens with one attached hydrogen (secondary N) is 1. The van der Waals surface area contributed by atoms with Gasteiger partial charge in [-0.3, -0.25) is 9.59 Å². The summed E-state index contributed by atoms with van der Waals surface area (Å²) in [6.45, 7) is 4.17. The van der Waals surface area contributed by atoms with Crippen LogP contribution in [0.4, 0.5) is 0 Å². The highest BCUT2D eigenvalue weighted by Crippen LogP contribution is 2.27. The predicted molar refractivity (Wildman–Crippen MR) is 72.8 cm³/mol. The van der Waals surface area contributed by atoms with Gasteiger partial charge in [0.05, 0.1) is 12.7 Å². The van der Waals surface area contributed by atoms with Crippen LogP contribution in [0.1, 0.15) is 24.2 Å². The monoisotopic (exact) mass is 278 g/mol. The molecule has 2 rings (SSSR count). The lowest BCUT2D eigenvalue weighted by atomic mass is 9.97. The van der Waals surface area contributed by atoms with Gasteiger partial charge in [-0.05, 0) is 26.0 Å². The van der Waals surface area contributed by atoms with Crippen molar-refractivity contribution in [2.45, 2.75) is 19.4 Å². The van der Waals surface area contributed by atoms with Crippen LogP contribution in [0.15, 0.2) is 18.2 Å². The summed E-state index contributed by atoms with van der Waals surface area (Å²) >= 11 is 0. The Labute approximate surface area is 117 Å². The van der Waals surface area contributed by atoms with E-state index >= 15 is 0 Å². The zero-order valence-corrected chi connectivity index (χ0v) is 11.8. The summed E-state index contributed by atoms with van der Waals surface area (Å²) in [6.07, 6.45) is 0. The number of phenols is 1. The van der Waals surface area contributed by atoms with Gasteiger partial charge >= 0.3 is 0 Å². The van der Waals surface area contributed by atoms with Gasteiger partial charge in [-0.25, -0.2) is 0 Å². The Morgan fingerprint density at radius 2 is 2.15 bits per heavy atom. The van der Waals surface area contributed by atoms with Gasteiger partial charge in [-0.2, -0.15) is 0 Å². The first-order valence-electron chi connectivity index (χ1n) is 6.35. The number of rotatable bonds is 2. The van der Waals surface area contributed by atoms with Crippen LogP contribution in [0.3, 0.4) is 0 Å². The average molecular weight is 278 g/mol. The summed E-state index contributed by atoms with van der Waals surface area (Å²) in [7, 11) is 1.48. The minimum absolute atomic E-state index is 0.156. The Morgan fingerprint density at radius 1 is 1.45 bits per heavy atom. The third kappa shape index (κ3) is 2.29. The molecule has 0 aliphatic carbocycles. The van der Waals surface area contributed by atoms with Crippen LogP contribution in [-0.2, 0) is 4.79 Å². The van der Waals surface area contributed by atoms with Crippen LogP contribution < -0.4 is 10.1 Å². The standard InChI is InChI=1S/C14H18N2O4/c1-14(2)13(19)15-6-7-16(14)12(18)10-5-4-9(20-3)8-11(10)17/h4-5,8,17H,6-7H2,1-3H3,(H,15,19). The summed E-state index contributed by atoms with van der Waals surface area (Å²) in [5, 5.41) is 12.7. The second-order valence-electron chi connectivity index (χ2n) is 5.15. The number of carbonyl (C=O) groups is 2. The van der Waals surface area contributed by atoms with Gasteiger partial charge in [0.15, 0.2) is 0 Å². The highest BCUT2D eigenvalue weighted by molar-refractivity contribution is 6.01. The number of piperazine rings is 1. The lowest BCUT2D eigenvalue weighted by Crippen LogP contribution is -2.63. The van der Waals surface area contributed by atoms with Crippen LogP contribution >= 0.6 is 0 Å². The lowest BCUT2D eigenvalue weighted by molar-refractivity contribution is -0.133. The zero-order chi connectivity index (χ0) is 14.9. The van der Waals surface area contributed by atoms with Crippen molar-refractivity contribution in [3.05, 3.63) is 23.8 Å². The fraction of sp³-hybridized carbons (Fsp3) is 0.429. The van der Waals surface area contributed by atoms with Gasteiger partial charge in [0.25, 0.3) is 5.91 Å². The quantitative estimate of drug-likeness (QED) is 0.837. The third-order valence-electron chi connectivity index (χ3n) is 3.53. The number of hydrogen-bond acceptors (Lipinski definition) is 4. The Hall–Kier alpha value is -2.24. The van der Waals surface area contributed by atoms with Gasteiger partial charge in [0.2, 0.25) is 5.91 Å². The molecule has 0 spiro atoms. The van der Waals surface area contributed by atoms with Gasteiger partial charge in [0, 0.05) is 19.2 Å². The van der Waals surface area contributed by atoms with Crippen molar-refractivity contribution in [3.63, 3.8) is 0 Å². The van der Waals surface area contributed by atoms with E-state index in [1.807, 2.05) is 0 Å². The van der Waals surface area contributed by atoms with E-state index in [2.05, 4.69) is 5.32 Å². The van der Waals surface area contributed by atoms with E-state index in [1.54, 1.807) is 19.9 Å². The van der Waals surface area contributed by atoms with Crippen LogP contribution in [0, 0.1) is 0 Å². The maximum Gasteiger partial charge on any atom is 0.258 e. The van der Waals surface area contributed by atoms with Crippen LogP contribution in [0.25, 0.3) is 0 Å². The molecule has 0 bridgehead atoms. The van der Waals surface area contributed by atoms with Crippen molar-refractivity contribution >= 4 is 11.8 Å². The normalized spacial score (nSPS) is 17.6. The van der Waals surface area contributed by atoms with E-state index in [9.17, 15) is 14.7 Å². The topological polar surface area (TPSA) is 78.9 Å².